The quantitative estimate of drug-likeness (QED) is 0.349. The molecule has 1 fully saturated rings. The fraction of sp³-hybridized carbons (Fsp3) is 0.333. The number of carbonyl (C=O) groups is 1. The minimum absolute atomic E-state index is 0.0752. The van der Waals surface area contributed by atoms with E-state index in [0.717, 1.165) is 28.8 Å². The van der Waals surface area contributed by atoms with Crippen molar-refractivity contribution in [2.75, 3.05) is 13.7 Å². The van der Waals surface area contributed by atoms with E-state index in [9.17, 15) is 9.90 Å². The van der Waals surface area contributed by atoms with Gasteiger partial charge in [0.1, 0.15) is 5.75 Å². The fourth-order valence-electron chi connectivity index (χ4n) is 4.92. The molecule has 2 aromatic heterocycles. The number of pyridine rings is 1. The lowest BCUT2D eigenvalue weighted by molar-refractivity contribution is -0.0990. The molecule has 0 saturated heterocycles. The van der Waals surface area contributed by atoms with E-state index in [4.69, 9.17) is 14.5 Å². The molecule has 2 heterocycles. The van der Waals surface area contributed by atoms with E-state index in [1.54, 1.807) is 24.5 Å². The molecule has 0 atom stereocenters. The second kappa shape index (κ2) is 8.12. The summed E-state index contributed by atoms with van der Waals surface area (Å²) in [6.07, 6.45) is 1.87. The van der Waals surface area contributed by atoms with Gasteiger partial charge in [-0.2, -0.15) is 0 Å². The highest BCUT2D eigenvalue weighted by atomic mass is 32.1. The molecule has 6 heteroatoms. The average molecular weight is 462 g/mol. The van der Waals surface area contributed by atoms with E-state index in [0.29, 0.717) is 34.9 Å². The van der Waals surface area contributed by atoms with Gasteiger partial charge < -0.3 is 14.6 Å². The highest BCUT2D eigenvalue weighted by molar-refractivity contribution is 7.22. The number of methoxy groups -OCH3 is 1. The number of rotatable bonds is 6. The molecule has 170 valence electrons. The largest absolute Gasteiger partial charge is 0.493 e. The highest BCUT2D eigenvalue weighted by Gasteiger charge is 2.40. The monoisotopic (exact) mass is 461 g/mol. The fourth-order valence-corrected chi connectivity index (χ4v) is 6.09. The van der Waals surface area contributed by atoms with Crippen molar-refractivity contribution in [2.45, 2.75) is 39.2 Å². The molecule has 2 aromatic carbocycles. The number of thiophene rings is 1. The van der Waals surface area contributed by atoms with Crippen LogP contribution in [0.3, 0.4) is 0 Å². The maximum atomic E-state index is 12.4. The number of benzene rings is 2. The van der Waals surface area contributed by atoms with Gasteiger partial charge >= 0.3 is 5.97 Å². The van der Waals surface area contributed by atoms with E-state index >= 15 is 0 Å². The topological polar surface area (TPSA) is 68.7 Å². The molecule has 0 bridgehead atoms. The minimum atomic E-state index is -0.978. The Labute approximate surface area is 197 Å². The maximum absolute atomic E-state index is 12.4. The number of carboxylic acids is 1. The zero-order valence-corrected chi connectivity index (χ0v) is 20.1. The van der Waals surface area contributed by atoms with Crippen LogP contribution in [0.2, 0.25) is 0 Å². The highest BCUT2D eigenvalue weighted by Crippen LogP contribution is 2.42. The summed E-state index contributed by atoms with van der Waals surface area (Å²) in [4.78, 5) is 18.3. The number of ether oxygens (including phenoxy) is 2. The van der Waals surface area contributed by atoms with Crippen LogP contribution >= 0.6 is 11.3 Å². The summed E-state index contributed by atoms with van der Waals surface area (Å²) in [5.41, 5.74) is 3.56. The van der Waals surface area contributed by atoms with Crippen molar-refractivity contribution in [1.82, 2.24) is 4.98 Å². The molecule has 0 radical (unpaired) electrons. The molecule has 1 aliphatic rings. The Kier molecular flexibility index (Phi) is 5.38. The number of aromatic nitrogens is 1. The number of hydrogen-bond donors (Lipinski definition) is 1. The molecule has 33 heavy (non-hydrogen) atoms. The zero-order chi connectivity index (χ0) is 23.3. The van der Waals surface area contributed by atoms with Crippen LogP contribution in [-0.2, 0) is 4.74 Å². The summed E-state index contributed by atoms with van der Waals surface area (Å²) < 4.78 is 12.9. The first-order valence-electron chi connectivity index (χ1n) is 11.1. The summed E-state index contributed by atoms with van der Waals surface area (Å²) in [6.45, 7) is 6.67. The Morgan fingerprint density at radius 1 is 1.21 bits per heavy atom. The third kappa shape index (κ3) is 3.77. The van der Waals surface area contributed by atoms with E-state index in [1.165, 1.54) is 10.1 Å². The van der Waals surface area contributed by atoms with E-state index < -0.39 is 5.97 Å². The van der Waals surface area contributed by atoms with Gasteiger partial charge in [-0.25, -0.2) is 9.78 Å². The van der Waals surface area contributed by atoms with Gasteiger partial charge in [0.25, 0.3) is 0 Å². The molecule has 5 rings (SSSR count). The molecule has 1 aliphatic carbocycles. The van der Waals surface area contributed by atoms with Crippen molar-refractivity contribution in [3.63, 3.8) is 0 Å². The molecule has 0 spiro atoms. The van der Waals surface area contributed by atoms with Crippen LogP contribution < -0.4 is 4.74 Å². The first-order chi connectivity index (χ1) is 15.8. The third-order valence-corrected chi connectivity index (χ3v) is 8.13. The predicted molar refractivity (Wildman–Crippen MR) is 133 cm³/mol. The maximum Gasteiger partial charge on any atom is 0.336 e. The van der Waals surface area contributed by atoms with Crippen molar-refractivity contribution < 1.29 is 19.4 Å². The van der Waals surface area contributed by atoms with Crippen molar-refractivity contribution in [2.24, 2.45) is 5.92 Å². The number of nitrogens with zero attached hydrogens (tertiary/aromatic N) is 1. The Balaban J connectivity index is 1.58. The van der Waals surface area contributed by atoms with Crippen LogP contribution in [0.1, 0.15) is 41.3 Å². The van der Waals surface area contributed by atoms with Gasteiger partial charge in [0.05, 0.1) is 39.2 Å². The second-order valence-corrected chi connectivity index (χ2v) is 10.3. The normalized spacial score (nSPS) is 20.2. The molecule has 5 nitrogen and oxygen atoms in total. The summed E-state index contributed by atoms with van der Waals surface area (Å²) in [5.74, 6) is -0.00684. The SMILES string of the molecule is CO[C@]1(C)C[C@@H](COc2ccc(C)c3nc(-c4sc5ccccc5c4C)cc(C(=O)O)c23)C1. The molecule has 4 aromatic rings. The van der Waals surface area contributed by atoms with E-state index in [2.05, 4.69) is 26.0 Å². The molecule has 0 aliphatic heterocycles. The number of carboxylic acid groups (broad SMARTS) is 1. The summed E-state index contributed by atoms with van der Waals surface area (Å²) in [6, 6.07) is 13.7. The van der Waals surface area contributed by atoms with Gasteiger partial charge in [0, 0.05) is 11.8 Å². The van der Waals surface area contributed by atoms with Gasteiger partial charge in [0.2, 0.25) is 0 Å². The van der Waals surface area contributed by atoms with Crippen molar-refractivity contribution in [3.05, 3.63) is 59.2 Å². The lowest BCUT2D eigenvalue weighted by Crippen LogP contribution is -2.44. The van der Waals surface area contributed by atoms with Crippen LogP contribution in [0.5, 0.6) is 5.75 Å². The Bertz CT molecular complexity index is 1380. The van der Waals surface area contributed by atoms with Gasteiger partial charge in [0.15, 0.2) is 0 Å². The first-order valence-corrected chi connectivity index (χ1v) is 12.0. The van der Waals surface area contributed by atoms with E-state index in [1.807, 2.05) is 31.2 Å². The second-order valence-electron chi connectivity index (χ2n) is 9.26. The van der Waals surface area contributed by atoms with Crippen molar-refractivity contribution in [3.8, 4) is 16.3 Å². The smallest absolute Gasteiger partial charge is 0.336 e. The standard InChI is InChI=1S/C27H27NO4S/c1-15-9-10-21(32-14-17-12-27(3,13-17)31-4)23-19(26(29)30)11-20(28-24(15)23)25-16(2)18-7-5-6-8-22(18)33-25/h5-11,17H,12-14H2,1-4H3,(H,29,30)/t17-,27-. The Hall–Kier alpha value is -2.96. The average Bonchev–Trinajstić information content (AvgIpc) is 3.13. The Morgan fingerprint density at radius 3 is 2.67 bits per heavy atom. The number of fused-ring (bicyclic) bond motifs is 2. The molecule has 0 amide bonds. The lowest BCUT2D eigenvalue weighted by atomic mass is 9.72. The Morgan fingerprint density at radius 2 is 1.97 bits per heavy atom. The number of aryl methyl sites for hydroxylation is 2. The number of hydrogen-bond acceptors (Lipinski definition) is 5. The van der Waals surface area contributed by atoms with Gasteiger partial charge in [-0.05, 0) is 74.2 Å². The third-order valence-electron chi connectivity index (χ3n) is 6.84. The zero-order valence-electron chi connectivity index (χ0n) is 19.3. The first kappa shape index (κ1) is 21.9. The molecular formula is C27H27NO4S. The number of aromatic carboxylic acids is 1. The van der Waals surface area contributed by atoms with E-state index in [-0.39, 0.29) is 11.2 Å². The van der Waals surface area contributed by atoms with Gasteiger partial charge in [-0.3, -0.25) is 0 Å². The summed E-state index contributed by atoms with van der Waals surface area (Å²) in [5, 5.41) is 11.9. The van der Waals surface area contributed by atoms with Crippen LogP contribution in [0, 0.1) is 19.8 Å². The van der Waals surface area contributed by atoms with Crippen LogP contribution in [0.25, 0.3) is 31.6 Å². The summed E-state index contributed by atoms with van der Waals surface area (Å²) in [7, 11) is 1.74. The van der Waals surface area contributed by atoms with Crippen LogP contribution in [0.15, 0.2) is 42.5 Å². The minimum Gasteiger partial charge on any atom is -0.493 e. The van der Waals surface area contributed by atoms with Crippen molar-refractivity contribution in [1.29, 1.82) is 0 Å². The molecular weight excluding hydrogens is 434 g/mol. The summed E-state index contributed by atoms with van der Waals surface area (Å²) >= 11 is 1.64. The molecule has 0 unspecified atom stereocenters. The van der Waals surface area contributed by atoms with Crippen LogP contribution in [-0.4, -0.2) is 35.4 Å². The van der Waals surface area contributed by atoms with Gasteiger partial charge in [-0.1, -0.05) is 24.3 Å². The molecule has 1 saturated carbocycles. The van der Waals surface area contributed by atoms with Gasteiger partial charge in [-0.15, -0.1) is 11.3 Å². The van der Waals surface area contributed by atoms with Crippen molar-refractivity contribution >= 4 is 38.3 Å². The molecule has 1 N–H and O–H groups in total. The predicted octanol–water partition coefficient (Wildman–Crippen LogP) is 6.63. The van der Waals surface area contributed by atoms with Crippen LogP contribution in [0.4, 0.5) is 0 Å². The lowest BCUT2D eigenvalue weighted by Gasteiger charge is -2.43.